The summed E-state index contributed by atoms with van der Waals surface area (Å²) in [6.07, 6.45) is 1.17. The standard InChI is InChI=1S/C6H12N2O/c1-7(2)6(9)8-4-3-5-8/h3-5H2,1-2H3. The minimum absolute atomic E-state index is 0.140. The zero-order valence-corrected chi connectivity index (χ0v) is 5.92. The van der Waals surface area contributed by atoms with E-state index in [-0.39, 0.29) is 6.03 Å². The second kappa shape index (κ2) is 2.25. The Hall–Kier alpha value is -0.730. The first kappa shape index (κ1) is 6.39. The minimum Gasteiger partial charge on any atom is -0.331 e. The van der Waals surface area contributed by atoms with Gasteiger partial charge in [0.1, 0.15) is 0 Å². The van der Waals surface area contributed by atoms with Gasteiger partial charge in [0.05, 0.1) is 0 Å². The molecule has 0 atom stereocenters. The Balaban J connectivity index is 2.32. The van der Waals surface area contributed by atoms with Crippen LogP contribution in [0.25, 0.3) is 0 Å². The van der Waals surface area contributed by atoms with Gasteiger partial charge in [0, 0.05) is 27.2 Å². The van der Waals surface area contributed by atoms with Crippen LogP contribution in [0.3, 0.4) is 0 Å². The van der Waals surface area contributed by atoms with Crippen molar-refractivity contribution in [3.05, 3.63) is 0 Å². The fourth-order valence-electron chi connectivity index (χ4n) is 0.790. The van der Waals surface area contributed by atoms with Crippen molar-refractivity contribution in [2.75, 3.05) is 27.2 Å². The molecule has 1 heterocycles. The molecule has 3 nitrogen and oxygen atoms in total. The molecule has 1 aliphatic rings. The molecule has 1 saturated heterocycles. The zero-order chi connectivity index (χ0) is 6.85. The average molecular weight is 128 g/mol. The van der Waals surface area contributed by atoms with Gasteiger partial charge in [0.25, 0.3) is 0 Å². The van der Waals surface area contributed by atoms with E-state index in [1.165, 1.54) is 6.42 Å². The molecule has 1 rings (SSSR count). The molecule has 1 fully saturated rings. The number of likely N-dealkylation sites (tertiary alicyclic amines) is 1. The van der Waals surface area contributed by atoms with Gasteiger partial charge in [0.15, 0.2) is 0 Å². The van der Waals surface area contributed by atoms with E-state index in [1.807, 2.05) is 4.90 Å². The van der Waals surface area contributed by atoms with E-state index < -0.39 is 0 Å². The molecular weight excluding hydrogens is 116 g/mol. The number of hydrogen-bond acceptors (Lipinski definition) is 1. The maximum absolute atomic E-state index is 11.0. The molecule has 0 saturated carbocycles. The molecule has 0 N–H and O–H groups in total. The van der Waals surface area contributed by atoms with Crippen LogP contribution >= 0.6 is 0 Å². The predicted octanol–water partition coefficient (Wildman–Crippen LogP) is 0.374. The van der Waals surface area contributed by atoms with Gasteiger partial charge in [-0.2, -0.15) is 0 Å². The van der Waals surface area contributed by atoms with Crippen LogP contribution in [0.1, 0.15) is 6.42 Å². The van der Waals surface area contributed by atoms with Crippen molar-refractivity contribution < 1.29 is 4.79 Å². The number of urea groups is 1. The third-order valence-electron chi connectivity index (χ3n) is 1.51. The molecule has 2 amide bonds. The van der Waals surface area contributed by atoms with Gasteiger partial charge in [-0.1, -0.05) is 0 Å². The van der Waals surface area contributed by atoms with Crippen molar-refractivity contribution in [2.45, 2.75) is 6.42 Å². The lowest BCUT2D eigenvalue weighted by Crippen LogP contribution is -2.47. The highest BCUT2D eigenvalue weighted by atomic mass is 16.2. The van der Waals surface area contributed by atoms with Gasteiger partial charge < -0.3 is 9.80 Å². The largest absolute Gasteiger partial charge is 0.331 e. The lowest BCUT2D eigenvalue weighted by molar-refractivity contribution is 0.142. The summed E-state index contributed by atoms with van der Waals surface area (Å²) in [6.45, 7) is 1.88. The lowest BCUT2D eigenvalue weighted by atomic mass is 10.2. The number of amides is 2. The van der Waals surface area contributed by atoms with E-state index in [4.69, 9.17) is 0 Å². The highest BCUT2D eigenvalue weighted by Gasteiger charge is 2.20. The zero-order valence-electron chi connectivity index (χ0n) is 5.92. The molecular formula is C6H12N2O. The number of rotatable bonds is 0. The van der Waals surface area contributed by atoms with Gasteiger partial charge in [-0.25, -0.2) is 4.79 Å². The van der Waals surface area contributed by atoms with Crippen LogP contribution in [0.2, 0.25) is 0 Å². The maximum Gasteiger partial charge on any atom is 0.319 e. The molecule has 0 bridgehead atoms. The molecule has 0 unspecified atom stereocenters. The molecule has 52 valence electrons. The SMILES string of the molecule is CN(C)C(=O)N1CCC1. The van der Waals surface area contributed by atoms with E-state index in [2.05, 4.69) is 0 Å². The van der Waals surface area contributed by atoms with Crippen LogP contribution in [0.4, 0.5) is 4.79 Å². The second-order valence-corrected chi connectivity index (χ2v) is 2.52. The summed E-state index contributed by atoms with van der Waals surface area (Å²) in [7, 11) is 3.56. The Morgan fingerprint density at radius 3 is 2.11 bits per heavy atom. The number of carbonyl (C=O) groups excluding carboxylic acids is 1. The maximum atomic E-state index is 11.0. The fourth-order valence-corrected chi connectivity index (χ4v) is 0.790. The first-order chi connectivity index (χ1) is 4.22. The Labute approximate surface area is 55.2 Å². The monoisotopic (exact) mass is 128 g/mol. The first-order valence-electron chi connectivity index (χ1n) is 3.18. The molecule has 1 aliphatic heterocycles. The van der Waals surface area contributed by atoms with Crippen LogP contribution in [0.15, 0.2) is 0 Å². The first-order valence-corrected chi connectivity index (χ1v) is 3.18. The highest BCUT2D eigenvalue weighted by molar-refractivity contribution is 5.74. The Kier molecular flexibility index (Phi) is 1.60. The van der Waals surface area contributed by atoms with Crippen LogP contribution in [-0.4, -0.2) is 43.0 Å². The molecule has 0 aromatic rings. The van der Waals surface area contributed by atoms with E-state index in [9.17, 15) is 4.79 Å². The molecule has 0 aliphatic carbocycles. The van der Waals surface area contributed by atoms with Gasteiger partial charge in [-0.15, -0.1) is 0 Å². The van der Waals surface area contributed by atoms with Crippen LogP contribution in [0.5, 0.6) is 0 Å². The number of nitrogens with zero attached hydrogens (tertiary/aromatic N) is 2. The Morgan fingerprint density at radius 2 is 2.00 bits per heavy atom. The quantitative estimate of drug-likeness (QED) is 0.462. The summed E-state index contributed by atoms with van der Waals surface area (Å²) in [6, 6.07) is 0.140. The molecule has 0 aromatic carbocycles. The van der Waals surface area contributed by atoms with E-state index >= 15 is 0 Å². The fraction of sp³-hybridized carbons (Fsp3) is 0.833. The normalized spacial score (nSPS) is 16.9. The molecule has 0 aromatic heterocycles. The van der Waals surface area contributed by atoms with Gasteiger partial charge in [-0.05, 0) is 6.42 Å². The van der Waals surface area contributed by atoms with Crippen molar-refractivity contribution in [3.8, 4) is 0 Å². The van der Waals surface area contributed by atoms with Crippen molar-refractivity contribution in [3.63, 3.8) is 0 Å². The van der Waals surface area contributed by atoms with E-state index in [0.717, 1.165) is 13.1 Å². The third-order valence-corrected chi connectivity index (χ3v) is 1.51. The number of hydrogen-bond donors (Lipinski definition) is 0. The minimum atomic E-state index is 0.140. The third kappa shape index (κ3) is 1.15. The van der Waals surface area contributed by atoms with Crippen LogP contribution < -0.4 is 0 Å². The number of carbonyl (C=O) groups is 1. The van der Waals surface area contributed by atoms with Gasteiger partial charge in [0.2, 0.25) is 0 Å². The van der Waals surface area contributed by atoms with Crippen molar-refractivity contribution in [1.29, 1.82) is 0 Å². The Bertz CT molecular complexity index is 118. The molecule has 0 radical (unpaired) electrons. The summed E-state index contributed by atoms with van der Waals surface area (Å²) in [4.78, 5) is 14.4. The summed E-state index contributed by atoms with van der Waals surface area (Å²) in [5, 5.41) is 0. The smallest absolute Gasteiger partial charge is 0.319 e. The van der Waals surface area contributed by atoms with Crippen molar-refractivity contribution >= 4 is 6.03 Å². The van der Waals surface area contributed by atoms with Gasteiger partial charge in [-0.3, -0.25) is 0 Å². The summed E-state index contributed by atoms with van der Waals surface area (Å²) in [5.74, 6) is 0. The average Bonchev–Trinajstić information content (AvgIpc) is 1.60. The molecule has 0 spiro atoms. The van der Waals surface area contributed by atoms with E-state index in [1.54, 1.807) is 19.0 Å². The molecule has 3 heteroatoms. The lowest BCUT2D eigenvalue weighted by Gasteiger charge is -2.33. The predicted molar refractivity (Wildman–Crippen MR) is 35.3 cm³/mol. The van der Waals surface area contributed by atoms with Crippen LogP contribution in [0, 0.1) is 0 Å². The summed E-state index contributed by atoms with van der Waals surface area (Å²) >= 11 is 0. The Morgan fingerprint density at radius 1 is 1.44 bits per heavy atom. The second-order valence-electron chi connectivity index (χ2n) is 2.52. The van der Waals surface area contributed by atoms with Crippen molar-refractivity contribution in [2.24, 2.45) is 0 Å². The van der Waals surface area contributed by atoms with E-state index in [0.29, 0.717) is 0 Å². The van der Waals surface area contributed by atoms with Crippen LogP contribution in [-0.2, 0) is 0 Å². The molecule has 9 heavy (non-hydrogen) atoms. The summed E-state index contributed by atoms with van der Waals surface area (Å²) in [5.41, 5.74) is 0. The highest BCUT2D eigenvalue weighted by Crippen LogP contribution is 2.06. The summed E-state index contributed by atoms with van der Waals surface area (Å²) < 4.78 is 0. The topological polar surface area (TPSA) is 23.6 Å². The van der Waals surface area contributed by atoms with Gasteiger partial charge >= 0.3 is 6.03 Å². The van der Waals surface area contributed by atoms with Crippen molar-refractivity contribution in [1.82, 2.24) is 9.80 Å².